The quantitative estimate of drug-likeness (QED) is 0.847. The number of nitrogens with one attached hydrogen (secondary N) is 1. The lowest BCUT2D eigenvalue weighted by Gasteiger charge is -2.12. The van der Waals surface area contributed by atoms with Crippen LogP contribution < -0.4 is 4.74 Å². The first-order chi connectivity index (χ1) is 10.0. The highest BCUT2D eigenvalue weighted by atomic mass is 32.1. The standard InChI is InChI=1S/C16H16N2O2S/c1-10-7-12(5-6-19)3-4-14(10)20-15-8-11(2)18-16(21)13(15)9-17/h3-4,7-8,19H,5-6H2,1-2H3,(H,18,21). The first-order valence-corrected chi connectivity index (χ1v) is 6.98. The molecule has 0 bridgehead atoms. The molecule has 2 rings (SSSR count). The molecule has 5 heteroatoms. The molecule has 21 heavy (non-hydrogen) atoms. The van der Waals surface area contributed by atoms with E-state index < -0.39 is 0 Å². The molecule has 0 aliphatic rings. The number of rotatable bonds is 4. The Morgan fingerprint density at radius 2 is 2.05 bits per heavy atom. The van der Waals surface area contributed by atoms with Crippen LogP contribution in [0.2, 0.25) is 0 Å². The van der Waals surface area contributed by atoms with Crippen LogP contribution in [0.4, 0.5) is 0 Å². The lowest BCUT2D eigenvalue weighted by atomic mass is 10.1. The molecule has 0 saturated carbocycles. The molecule has 108 valence electrons. The van der Waals surface area contributed by atoms with Gasteiger partial charge in [0, 0.05) is 18.4 Å². The van der Waals surface area contributed by atoms with E-state index in [1.807, 2.05) is 32.0 Å². The van der Waals surface area contributed by atoms with Crippen LogP contribution >= 0.6 is 12.2 Å². The zero-order chi connectivity index (χ0) is 15.4. The van der Waals surface area contributed by atoms with Crippen molar-refractivity contribution < 1.29 is 9.84 Å². The number of nitrogens with zero attached hydrogens (tertiary/aromatic N) is 1. The highest BCUT2D eigenvalue weighted by molar-refractivity contribution is 7.71. The van der Waals surface area contributed by atoms with Crippen LogP contribution in [-0.4, -0.2) is 16.7 Å². The minimum atomic E-state index is 0.116. The topological polar surface area (TPSA) is 69.0 Å². The summed E-state index contributed by atoms with van der Waals surface area (Å²) in [6, 6.07) is 9.54. The zero-order valence-corrected chi connectivity index (χ0v) is 12.8. The number of hydrogen-bond acceptors (Lipinski definition) is 4. The zero-order valence-electron chi connectivity index (χ0n) is 11.9. The molecule has 1 aromatic carbocycles. The van der Waals surface area contributed by atoms with Gasteiger partial charge in [0.05, 0.1) is 0 Å². The number of aromatic nitrogens is 1. The van der Waals surface area contributed by atoms with Crippen molar-refractivity contribution in [2.24, 2.45) is 0 Å². The number of H-pyrrole nitrogens is 1. The number of aliphatic hydroxyl groups is 1. The largest absolute Gasteiger partial charge is 0.456 e. The monoisotopic (exact) mass is 300 g/mol. The summed E-state index contributed by atoms with van der Waals surface area (Å²) < 4.78 is 6.23. The van der Waals surface area contributed by atoms with Crippen LogP contribution in [0.3, 0.4) is 0 Å². The van der Waals surface area contributed by atoms with Crippen molar-refractivity contribution in [3.63, 3.8) is 0 Å². The van der Waals surface area contributed by atoms with E-state index in [-0.39, 0.29) is 6.61 Å². The summed E-state index contributed by atoms with van der Waals surface area (Å²) in [5.74, 6) is 1.13. The van der Waals surface area contributed by atoms with E-state index >= 15 is 0 Å². The van der Waals surface area contributed by atoms with E-state index in [1.54, 1.807) is 6.07 Å². The fourth-order valence-corrected chi connectivity index (χ4v) is 2.38. The average molecular weight is 300 g/mol. The average Bonchev–Trinajstić information content (AvgIpc) is 2.42. The molecule has 2 N–H and O–H groups in total. The van der Waals surface area contributed by atoms with Crippen molar-refractivity contribution in [1.82, 2.24) is 4.98 Å². The molecule has 0 radical (unpaired) electrons. The van der Waals surface area contributed by atoms with Gasteiger partial charge in [0.15, 0.2) is 0 Å². The van der Waals surface area contributed by atoms with E-state index in [4.69, 9.17) is 22.1 Å². The predicted molar refractivity (Wildman–Crippen MR) is 83.1 cm³/mol. The first-order valence-electron chi connectivity index (χ1n) is 6.57. The molecule has 0 atom stereocenters. The van der Waals surface area contributed by atoms with Gasteiger partial charge in [0.1, 0.15) is 27.8 Å². The van der Waals surface area contributed by atoms with Crippen LogP contribution in [0.25, 0.3) is 0 Å². The summed E-state index contributed by atoms with van der Waals surface area (Å²) in [5, 5.41) is 18.2. The van der Waals surface area contributed by atoms with Crippen molar-refractivity contribution in [1.29, 1.82) is 5.26 Å². The van der Waals surface area contributed by atoms with Gasteiger partial charge in [0.2, 0.25) is 0 Å². The van der Waals surface area contributed by atoms with Gasteiger partial charge < -0.3 is 14.8 Å². The normalized spacial score (nSPS) is 10.2. The maximum Gasteiger partial charge on any atom is 0.149 e. The number of aryl methyl sites for hydroxylation is 2. The Morgan fingerprint density at radius 3 is 2.67 bits per heavy atom. The van der Waals surface area contributed by atoms with Crippen LogP contribution in [-0.2, 0) is 6.42 Å². The molecule has 0 fully saturated rings. The van der Waals surface area contributed by atoms with Gasteiger partial charge in [-0.3, -0.25) is 0 Å². The Hall–Kier alpha value is -2.16. The third-order valence-electron chi connectivity index (χ3n) is 3.10. The van der Waals surface area contributed by atoms with Crippen LogP contribution in [0.15, 0.2) is 24.3 Å². The number of nitriles is 1. The number of benzene rings is 1. The summed E-state index contributed by atoms with van der Waals surface area (Å²) in [4.78, 5) is 2.94. The number of hydrogen-bond donors (Lipinski definition) is 2. The second-order valence-electron chi connectivity index (χ2n) is 4.81. The number of aliphatic hydroxyl groups excluding tert-OH is 1. The Kier molecular flexibility index (Phi) is 4.73. The minimum absolute atomic E-state index is 0.116. The Bertz CT molecular complexity index is 760. The molecule has 2 aromatic rings. The molecule has 0 saturated heterocycles. The Labute approximate surface area is 128 Å². The predicted octanol–water partition coefficient (Wildman–Crippen LogP) is 3.56. The summed E-state index contributed by atoms with van der Waals surface area (Å²) in [6.45, 7) is 3.91. The van der Waals surface area contributed by atoms with Crippen molar-refractivity contribution in [2.45, 2.75) is 20.3 Å². The van der Waals surface area contributed by atoms with E-state index in [0.717, 1.165) is 16.8 Å². The molecule has 0 aliphatic heterocycles. The van der Waals surface area contributed by atoms with E-state index in [0.29, 0.717) is 28.1 Å². The summed E-state index contributed by atoms with van der Waals surface area (Å²) in [7, 11) is 0. The number of aromatic amines is 1. The van der Waals surface area contributed by atoms with Gasteiger partial charge in [-0.1, -0.05) is 24.4 Å². The number of ether oxygens (including phenoxy) is 1. The SMILES string of the molecule is Cc1cc(Oc2ccc(CCO)cc2C)c(C#N)c(=S)[nH]1. The van der Waals surface area contributed by atoms with Crippen molar-refractivity contribution in [3.05, 3.63) is 51.3 Å². The third kappa shape index (κ3) is 3.48. The van der Waals surface area contributed by atoms with Gasteiger partial charge in [-0.05, 0) is 37.5 Å². The maximum atomic E-state index is 9.21. The van der Waals surface area contributed by atoms with Gasteiger partial charge in [-0.15, -0.1) is 0 Å². The Balaban J connectivity index is 2.39. The molecule has 1 aromatic heterocycles. The van der Waals surface area contributed by atoms with Gasteiger partial charge in [0.25, 0.3) is 0 Å². The first kappa shape index (κ1) is 15.2. The molecular weight excluding hydrogens is 284 g/mol. The highest BCUT2D eigenvalue weighted by Gasteiger charge is 2.10. The lowest BCUT2D eigenvalue weighted by molar-refractivity contribution is 0.299. The summed E-state index contributed by atoms with van der Waals surface area (Å²) in [6.07, 6.45) is 0.611. The van der Waals surface area contributed by atoms with Crippen LogP contribution in [0, 0.1) is 29.8 Å². The van der Waals surface area contributed by atoms with Crippen LogP contribution in [0.5, 0.6) is 11.5 Å². The minimum Gasteiger partial charge on any atom is -0.456 e. The molecule has 0 unspecified atom stereocenters. The van der Waals surface area contributed by atoms with E-state index in [1.165, 1.54) is 0 Å². The van der Waals surface area contributed by atoms with E-state index in [9.17, 15) is 5.26 Å². The van der Waals surface area contributed by atoms with Gasteiger partial charge >= 0.3 is 0 Å². The van der Waals surface area contributed by atoms with Crippen molar-refractivity contribution in [3.8, 4) is 17.6 Å². The summed E-state index contributed by atoms with van der Waals surface area (Å²) >= 11 is 5.14. The highest BCUT2D eigenvalue weighted by Crippen LogP contribution is 2.29. The lowest BCUT2D eigenvalue weighted by Crippen LogP contribution is -1.96. The Morgan fingerprint density at radius 1 is 1.29 bits per heavy atom. The second kappa shape index (κ2) is 6.53. The fourth-order valence-electron chi connectivity index (χ4n) is 2.07. The van der Waals surface area contributed by atoms with Crippen molar-refractivity contribution >= 4 is 12.2 Å². The van der Waals surface area contributed by atoms with E-state index in [2.05, 4.69) is 11.1 Å². The number of pyridine rings is 1. The molecular formula is C16H16N2O2S. The molecule has 0 aliphatic carbocycles. The third-order valence-corrected chi connectivity index (χ3v) is 3.41. The maximum absolute atomic E-state index is 9.21. The van der Waals surface area contributed by atoms with Gasteiger partial charge in [-0.25, -0.2) is 0 Å². The molecule has 0 amide bonds. The van der Waals surface area contributed by atoms with Gasteiger partial charge in [-0.2, -0.15) is 5.26 Å². The summed E-state index contributed by atoms with van der Waals surface area (Å²) in [5.41, 5.74) is 3.16. The molecule has 0 spiro atoms. The second-order valence-corrected chi connectivity index (χ2v) is 5.22. The molecule has 1 heterocycles. The van der Waals surface area contributed by atoms with Crippen molar-refractivity contribution in [2.75, 3.05) is 6.61 Å². The fraction of sp³-hybridized carbons (Fsp3) is 0.250. The van der Waals surface area contributed by atoms with Crippen LogP contribution in [0.1, 0.15) is 22.4 Å². The smallest absolute Gasteiger partial charge is 0.149 e. The molecule has 4 nitrogen and oxygen atoms in total.